The average Bonchev–Trinajstić information content (AvgIpc) is 2.64. The number of carbonyl (C=O) groups excluding carboxylic acids is 1. The van der Waals surface area contributed by atoms with Crippen LogP contribution in [0.2, 0.25) is 10.0 Å². The van der Waals surface area contributed by atoms with Gasteiger partial charge in [-0.05, 0) is 50.6 Å². The van der Waals surface area contributed by atoms with Crippen LogP contribution in [0.25, 0.3) is 0 Å². The van der Waals surface area contributed by atoms with Gasteiger partial charge < -0.3 is 15.4 Å². The molecular formula is C19H23Cl2N3O4S. The zero-order valence-electron chi connectivity index (χ0n) is 16.5. The molecule has 2 amide bonds. The summed E-state index contributed by atoms with van der Waals surface area (Å²) in [5.41, 5.74) is 0.781. The van der Waals surface area contributed by atoms with Crippen LogP contribution >= 0.6 is 23.2 Å². The number of carbonyl (C=O) groups is 1. The number of amides is 2. The SMILES string of the molecule is CCS(=O)(=O)Nc1ccc(NC(=O)NC(C)(C)c2ccc(Cl)c(Cl)c2)cc1OC. The van der Waals surface area contributed by atoms with E-state index in [0.29, 0.717) is 15.7 Å². The first-order valence-corrected chi connectivity index (χ1v) is 11.1. The maximum atomic E-state index is 12.5. The predicted molar refractivity (Wildman–Crippen MR) is 118 cm³/mol. The first-order chi connectivity index (χ1) is 13.5. The minimum absolute atomic E-state index is 0.0671. The van der Waals surface area contributed by atoms with Gasteiger partial charge in [-0.15, -0.1) is 0 Å². The highest BCUT2D eigenvalue weighted by Crippen LogP contribution is 2.30. The number of urea groups is 1. The summed E-state index contributed by atoms with van der Waals surface area (Å²) in [5, 5.41) is 6.40. The third kappa shape index (κ3) is 6.16. The van der Waals surface area contributed by atoms with Crippen LogP contribution in [0.5, 0.6) is 5.75 Å². The molecular weight excluding hydrogens is 437 g/mol. The van der Waals surface area contributed by atoms with Gasteiger partial charge in [0.1, 0.15) is 5.75 Å². The Kier molecular flexibility index (Phi) is 7.26. The topological polar surface area (TPSA) is 96.5 Å². The van der Waals surface area contributed by atoms with Crippen molar-refractivity contribution in [3.05, 3.63) is 52.0 Å². The highest BCUT2D eigenvalue weighted by Gasteiger charge is 2.24. The fourth-order valence-electron chi connectivity index (χ4n) is 2.50. The maximum Gasteiger partial charge on any atom is 0.319 e. The standard InChI is InChI=1S/C19H23Cl2N3O4S/c1-5-29(26,27)24-16-9-7-13(11-17(16)28-4)22-18(25)23-19(2,3)12-6-8-14(20)15(21)10-12/h6-11,24H,5H2,1-4H3,(H2,22,23,25). The van der Waals surface area contributed by atoms with Crippen LogP contribution in [0.3, 0.4) is 0 Å². The number of sulfonamides is 1. The second-order valence-corrected chi connectivity index (χ2v) is 9.58. The number of halogens is 2. The Morgan fingerprint density at radius 2 is 1.79 bits per heavy atom. The third-order valence-electron chi connectivity index (χ3n) is 4.17. The van der Waals surface area contributed by atoms with Gasteiger partial charge in [-0.1, -0.05) is 29.3 Å². The van der Waals surface area contributed by atoms with E-state index in [1.165, 1.54) is 26.2 Å². The van der Waals surface area contributed by atoms with Crippen LogP contribution < -0.4 is 20.1 Å². The quantitative estimate of drug-likeness (QED) is 0.552. The smallest absolute Gasteiger partial charge is 0.319 e. The van der Waals surface area contributed by atoms with Crippen LogP contribution in [-0.2, 0) is 15.6 Å². The summed E-state index contributed by atoms with van der Waals surface area (Å²) in [5.74, 6) is 0.214. The maximum absolute atomic E-state index is 12.5. The number of benzene rings is 2. The highest BCUT2D eigenvalue weighted by molar-refractivity contribution is 7.92. The largest absolute Gasteiger partial charge is 0.494 e. The fourth-order valence-corrected chi connectivity index (χ4v) is 3.44. The van der Waals surface area contributed by atoms with E-state index < -0.39 is 21.6 Å². The Labute approximate surface area is 180 Å². The monoisotopic (exact) mass is 459 g/mol. The zero-order valence-corrected chi connectivity index (χ0v) is 18.8. The molecule has 0 radical (unpaired) electrons. The van der Waals surface area contributed by atoms with E-state index in [0.717, 1.165) is 5.56 Å². The summed E-state index contributed by atoms with van der Waals surface area (Å²) in [6.45, 7) is 5.19. The van der Waals surface area contributed by atoms with E-state index in [4.69, 9.17) is 27.9 Å². The molecule has 2 aromatic carbocycles. The molecule has 10 heteroatoms. The van der Waals surface area contributed by atoms with Crippen molar-refractivity contribution < 1.29 is 17.9 Å². The third-order valence-corrected chi connectivity index (χ3v) is 6.20. The summed E-state index contributed by atoms with van der Waals surface area (Å²) in [4.78, 5) is 12.5. The first-order valence-electron chi connectivity index (χ1n) is 8.70. The molecule has 0 heterocycles. The Hall–Kier alpha value is -2.16. The van der Waals surface area contributed by atoms with Crippen molar-refractivity contribution in [3.63, 3.8) is 0 Å². The number of hydrogen-bond acceptors (Lipinski definition) is 4. The lowest BCUT2D eigenvalue weighted by Crippen LogP contribution is -2.43. The zero-order chi connectivity index (χ0) is 21.8. The normalized spacial score (nSPS) is 11.7. The molecule has 0 unspecified atom stereocenters. The van der Waals surface area contributed by atoms with Crippen LogP contribution in [0.4, 0.5) is 16.2 Å². The minimum Gasteiger partial charge on any atom is -0.494 e. The average molecular weight is 460 g/mol. The van der Waals surface area contributed by atoms with Gasteiger partial charge in [-0.3, -0.25) is 4.72 Å². The molecule has 0 atom stereocenters. The minimum atomic E-state index is -3.45. The number of anilines is 2. The highest BCUT2D eigenvalue weighted by atomic mass is 35.5. The van der Waals surface area contributed by atoms with E-state index in [1.807, 2.05) is 13.8 Å². The lowest BCUT2D eigenvalue weighted by atomic mass is 9.94. The molecule has 0 saturated carbocycles. The van der Waals surface area contributed by atoms with Crippen LogP contribution in [-0.4, -0.2) is 27.3 Å². The van der Waals surface area contributed by atoms with Gasteiger partial charge in [0.05, 0.1) is 34.1 Å². The second kappa shape index (κ2) is 9.11. The van der Waals surface area contributed by atoms with Crippen molar-refractivity contribution in [2.75, 3.05) is 22.9 Å². The molecule has 3 N–H and O–H groups in total. The van der Waals surface area contributed by atoms with Crippen molar-refractivity contribution in [2.24, 2.45) is 0 Å². The van der Waals surface area contributed by atoms with Crippen LogP contribution in [0, 0.1) is 0 Å². The van der Waals surface area contributed by atoms with Crippen molar-refractivity contribution in [1.29, 1.82) is 0 Å². The molecule has 0 aliphatic carbocycles. The van der Waals surface area contributed by atoms with Crippen molar-refractivity contribution >= 4 is 50.6 Å². The van der Waals surface area contributed by atoms with E-state index in [1.54, 1.807) is 24.3 Å². The molecule has 7 nitrogen and oxygen atoms in total. The van der Waals surface area contributed by atoms with E-state index in [2.05, 4.69) is 15.4 Å². The number of nitrogens with one attached hydrogen (secondary N) is 3. The number of ether oxygens (including phenoxy) is 1. The summed E-state index contributed by atoms with van der Waals surface area (Å²) in [6.07, 6.45) is 0. The second-order valence-electron chi connectivity index (χ2n) is 6.75. The molecule has 0 saturated heterocycles. The summed E-state index contributed by atoms with van der Waals surface area (Å²) in [6, 6.07) is 9.31. The summed E-state index contributed by atoms with van der Waals surface area (Å²) in [7, 11) is -2.04. The molecule has 158 valence electrons. The predicted octanol–water partition coefficient (Wildman–Crippen LogP) is 4.82. The molecule has 0 aliphatic heterocycles. The molecule has 0 bridgehead atoms. The van der Waals surface area contributed by atoms with E-state index >= 15 is 0 Å². The van der Waals surface area contributed by atoms with Gasteiger partial charge in [0, 0.05) is 11.8 Å². The Bertz CT molecular complexity index is 1010. The Morgan fingerprint density at radius 1 is 1.10 bits per heavy atom. The van der Waals surface area contributed by atoms with Gasteiger partial charge in [0.2, 0.25) is 10.0 Å². The number of methoxy groups -OCH3 is 1. The van der Waals surface area contributed by atoms with Gasteiger partial charge in [0.15, 0.2) is 0 Å². The summed E-state index contributed by atoms with van der Waals surface area (Å²) >= 11 is 12.0. The van der Waals surface area contributed by atoms with Crippen molar-refractivity contribution in [2.45, 2.75) is 26.3 Å². The van der Waals surface area contributed by atoms with Gasteiger partial charge in [-0.25, -0.2) is 13.2 Å². The summed E-state index contributed by atoms with van der Waals surface area (Å²) < 4.78 is 31.2. The van der Waals surface area contributed by atoms with E-state index in [-0.39, 0.29) is 17.2 Å². The van der Waals surface area contributed by atoms with Crippen molar-refractivity contribution in [3.8, 4) is 5.75 Å². The molecule has 0 fully saturated rings. The first kappa shape index (κ1) is 23.1. The van der Waals surface area contributed by atoms with Crippen molar-refractivity contribution in [1.82, 2.24) is 5.32 Å². The fraction of sp³-hybridized carbons (Fsp3) is 0.316. The number of rotatable bonds is 7. The molecule has 0 aromatic heterocycles. The van der Waals surface area contributed by atoms with Crippen LogP contribution in [0.15, 0.2) is 36.4 Å². The molecule has 2 rings (SSSR count). The lowest BCUT2D eigenvalue weighted by molar-refractivity contribution is 0.242. The van der Waals surface area contributed by atoms with Gasteiger partial charge in [-0.2, -0.15) is 0 Å². The van der Waals surface area contributed by atoms with Gasteiger partial charge in [0.25, 0.3) is 0 Å². The molecule has 2 aromatic rings. The lowest BCUT2D eigenvalue weighted by Gasteiger charge is -2.27. The molecule has 0 aliphatic rings. The Morgan fingerprint density at radius 3 is 2.38 bits per heavy atom. The van der Waals surface area contributed by atoms with Gasteiger partial charge >= 0.3 is 6.03 Å². The molecule has 0 spiro atoms. The Balaban J connectivity index is 2.14. The molecule has 29 heavy (non-hydrogen) atoms. The van der Waals surface area contributed by atoms with Crippen LogP contribution in [0.1, 0.15) is 26.3 Å². The number of hydrogen-bond donors (Lipinski definition) is 3. The van der Waals surface area contributed by atoms with E-state index in [9.17, 15) is 13.2 Å².